The van der Waals surface area contributed by atoms with E-state index in [1.165, 1.54) is 12.4 Å². The van der Waals surface area contributed by atoms with Crippen LogP contribution in [0.5, 0.6) is 0 Å². The molecule has 0 aliphatic rings. The fraction of sp³-hybridized carbons (Fsp3) is 0.500. The topological polar surface area (TPSA) is 109 Å². The lowest BCUT2D eigenvalue weighted by atomic mass is 10.0. The fourth-order valence-electron chi connectivity index (χ4n) is 1.68. The number of carboxylic acids is 1. The number of nitrogens with zero attached hydrogens (tertiary/aromatic N) is 1. The number of carbonyl (C=O) groups excluding carboxylic acids is 1. The van der Waals surface area contributed by atoms with Crippen molar-refractivity contribution in [2.24, 2.45) is 0 Å². The van der Waals surface area contributed by atoms with E-state index in [2.05, 4.69) is 10.3 Å². The number of aromatic nitrogens is 1. The Labute approximate surface area is 123 Å². The minimum absolute atomic E-state index is 0.334. The summed E-state index contributed by atoms with van der Waals surface area (Å²) in [7, 11) is 0. The maximum absolute atomic E-state index is 11.7. The lowest BCUT2D eigenvalue weighted by Crippen LogP contribution is -2.47. The number of ether oxygens (including phenoxy) is 1. The molecule has 0 aromatic carbocycles. The van der Waals surface area contributed by atoms with Crippen molar-refractivity contribution in [3.8, 4) is 0 Å². The van der Waals surface area contributed by atoms with Crippen LogP contribution >= 0.6 is 0 Å². The Balaban J connectivity index is 2.90. The van der Waals surface area contributed by atoms with E-state index in [4.69, 9.17) is 4.74 Å². The summed E-state index contributed by atoms with van der Waals surface area (Å²) in [5.74, 6) is -1.36. The van der Waals surface area contributed by atoms with Crippen LogP contribution in [-0.4, -0.2) is 38.9 Å². The maximum atomic E-state index is 11.7. The quantitative estimate of drug-likeness (QED) is 0.775. The number of rotatable bonds is 4. The molecule has 0 bridgehead atoms. The van der Waals surface area contributed by atoms with E-state index in [0.29, 0.717) is 11.1 Å². The van der Waals surface area contributed by atoms with Gasteiger partial charge in [-0.3, -0.25) is 4.98 Å². The Kier molecular flexibility index (Phi) is 5.26. The van der Waals surface area contributed by atoms with Crippen molar-refractivity contribution >= 4 is 12.1 Å². The number of pyridine rings is 1. The molecular weight excluding hydrogens is 276 g/mol. The molecule has 7 heteroatoms. The van der Waals surface area contributed by atoms with E-state index in [1.54, 1.807) is 33.8 Å². The second-order valence-electron chi connectivity index (χ2n) is 5.64. The first-order chi connectivity index (χ1) is 9.61. The van der Waals surface area contributed by atoms with E-state index in [0.717, 1.165) is 0 Å². The molecule has 3 N–H and O–H groups in total. The van der Waals surface area contributed by atoms with Gasteiger partial charge in [0.15, 0.2) is 6.04 Å². The van der Waals surface area contributed by atoms with Crippen molar-refractivity contribution < 1.29 is 24.5 Å². The lowest BCUT2D eigenvalue weighted by molar-refractivity contribution is -0.142. The molecule has 1 rings (SSSR count). The summed E-state index contributed by atoms with van der Waals surface area (Å²) in [6, 6.07) is 0.119. The van der Waals surface area contributed by atoms with Gasteiger partial charge in [-0.1, -0.05) is 0 Å². The predicted octanol–water partition coefficient (Wildman–Crippen LogP) is 1.40. The van der Waals surface area contributed by atoms with Crippen LogP contribution in [0, 0.1) is 6.92 Å². The Morgan fingerprint density at radius 3 is 2.48 bits per heavy atom. The van der Waals surface area contributed by atoms with Gasteiger partial charge < -0.3 is 20.3 Å². The molecule has 0 saturated heterocycles. The second-order valence-corrected chi connectivity index (χ2v) is 5.64. The van der Waals surface area contributed by atoms with Gasteiger partial charge in [-0.15, -0.1) is 0 Å². The Morgan fingerprint density at radius 2 is 2.00 bits per heavy atom. The van der Waals surface area contributed by atoms with Crippen LogP contribution in [-0.2, 0) is 9.53 Å². The molecule has 1 heterocycles. The Morgan fingerprint density at radius 1 is 1.38 bits per heavy atom. The summed E-state index contributed by atoms with van der Waals surface area (Å²) in [5, 5.41) is 21.5. The standard InChI is InChI=1S/C14H20N2O5/c1-8-5-6-15-7-9(8)11(17)10(12(18)19)16-13(20)21-14(2,3)4/h5-7,10-11,17H,1-4H3,(H,16,20)(H,18,19). The van der Waals surface area contributed by atoms with Crippen LogP contribution in [0.1, 0.15) is 38.0 Å². The molecule has 1 aromatic rings. The molecule has 0 spiro atoms. The highest BCUT2D eigenvalue weighted by Crippen LogP contribution is 2.20. The van der Waals surface area contributed by atoms with E-state index in [1.807, 2.05) is 0 Å². The summed E-state index contributed by atoms with van der Waals surface area (Å²) >= 11 is 0. The second kappa shape index (κ2) is 6.53. The van der Waals surface area contributed by atoms with Crippen LogP contribution in [0.15, 0.2) is 18.5 Å². The number of carboxylic acid groups (broad SMARTS) is 1. The highest BCUT2D eigenvalue weighted by Gasteiger charge is 2.32. The van der Waals surface area contributed by atoms with Gasteiger partial charge in [0.05, 0.1) is 0 Å². The summed E-state index contributed by atoms with van der Waals surface area (Å²) in [6.07, 6.45) is 0.564. The van der Waals surface area contributed by atoms with Gasteiger partial charge in [0, 0.05) is 18.0 Å². The van der Waals surface area contributed by atoms with E-state index < -0.39 is 29.8 Å². The molecular formula is C14H20N2O5. The summed E-state index contributed by atoms with van der Waals surface area (Å²) < 4.78 is 4.99. The average molecular weight is 296 g/mol. The van der Waals surface area contributed by atoms with Gasteiger partial charge in [-0.2, -0.15) is 0 Å². The van der Waals surface area contributed by atoms with Crippen molar-refractivity contribution in [3.63, 3.8) is 0 Å². The number of nitrogens with one attached hydrogen (secondary N) is 1. The molecule has 2 atom stereocenters. The zero-order valence-electron chi connectivity index (χ0n) is 12.5. The van der Waals surface area contributed by atoms with E-state index >= 15 is 0 Å². The normalized spacial score (nSPS) is 14.1. The number of aliphatic hydroxyl groups excluding tert-OH is 1. The van der Waals surface area contributed by atoms with Crippen molar-refractivity contribution in [2.45, 2.75) is 45.4 Å². The number of aryl methyl sites for hydroxylation is 1. The van der Waals surface area contributed by atoms with Crippen LogP contribution in [0.3, 0.4) is 0 Å². The molecule has 0 aliphatic carbocycles. The number of aliphatic carboxylic acids is 1. The zero-order chi connectivity index (χ0) is 16.2. The molecule has 7 nitrogen and oxygen atoms in total. The lowest BCUT2D eigenvalue weighted by Gasteiger charge is -2.24. The van der Waals surface area contributed by atoms with Gasteiger partial charge >= 0.3 is 12.1 Å². The van der Waals surface area contributed by atoms with Gasteiger partial charge in [0.2, 0.25) is 0 Å². The molecule has 1 amide bonds. The van der Waals surface area contributed by atoms with Crippen LogP contribution in [0.2, 0.25) is 0 Å². The number of hydrogen-bond donors (Lipinski definition) is 3. The highest BCUT2D eigenvalue weighted by molar-refractivity contribution is 5.81. The SMILES string of the molecule is Cc1ccncc1C(O)C(NC(=O)OC(C)(C)C)C(=O)O. The van der Waals surface area contributed by atoms with Gasteiger partial charge in [0.1, 0.15) is 11.7 Å². The number of alkyl carbamates (subject to hydrolysis) is 1. The number of carbonyl (C=O) groups is 2. The number of amides is 1. The third-order valence-electron chi connectivity index (χ3n) is 2.65. The first-order valence-electron chi connectivity index (χ1n) is 6.42. The maximum Gasteiger partial charge on any atom is 0.408 e. The molecule has 1 aromatic heterocycles. The molecule has 2 unspecified atom stereocenters. The van der Waals surface area contributed by atoms with Crippen LogP contribution in [0.4, 0.5) is 4.79 Å². The number of hydrogen-bond acceptors (Lipinski definition) is 5. The van der Waals surface area contributed by atoms with Crippen LogP contribution < -0.4 is 5.32 Å². The van der Waals surface area contributed by atoms with E-state index in [9.17, 15) is 19.8 Å². The predicted molar refractivity (Wildman–Crippen MR) is 74.7 cm³/mol. The first kappa shape index (κ1) is 16.9. The zero-order valence-corrected chi connectivity index (χ0v) is 12.5. The molecule has 0 fully saturated rings. The fourth-order valence-corrected chi connectivity index (χ4v) is 1.68. The summed E-state index contributed by atoms with van der Waals surface area (Å²) in [5.41, 5.74) is 0.248. The van der Waals surface area contributed by atoms with Crippen molar-refractivity contribution in [3.05, 3.63) is 29.6 Å². The first-order valence-corrected chi connectivity index (χ1v) is 6.42. The van der Waals surface area contributed by atoms with Gasteiger partial charge in [0.25, 0.3) is 0 Å². The van der Waals surface area contributed by atoms with E-state index in [-0.39, 0.29) is 0 Å². The Hall–Kier alpha value is -2.15. The van der Waals surface area contributed by atoms with Crippen molar-refractivity contribution in [1.29, 1.82) is 0 Å². The number of aliphatic hydroxyl groups is 1. The smallest absolute Gasteiger partial charge is 0.408 e. The van der Waals surface area contributed by atoms with Gasteiger partial charge in [-0.25, -0.2) is 9.59 Å². The monoisotopic (exact) mass is 296 g/mol. The van der Waals surface area contributed by atoms with Crippen molar-refractivity contribution in [1.82, 2.24) is 10.3 Å². The third-order valence-corrected chi connectivity index (χ3v) is 2.65. The highest BCUT2D eigenvalue weighted by atomic mass is 16.6. The molecule has 0 saturated carbocycles. The third kappa shape index (κ3) is 5.03. The summed E-state index contributed by atoms with van der Waals surface area (Å²) in [6.45, 7) is 6.69. The molecule has 0 radical (unpaired) electrons. The average Bonchev–Trinajstić information content (AvgIpc) is 2.33. The molecule has 116 valence electrons. The Bertz CT molecular complexity index is 524. The van der Waals surface area contributed by atoms with Crippen LogP contribution in [0.25, 0.3) is 0 Å². The minimum atomic E-state index is -1.53. The van der Waals surface area contributed by atoms with Crippen molar-refractivity contribution in [2.75, 3.05) is 0 Å². The summed E-state index contributed by atoms with van der Waals surface area (Å²) in [4.78, 5) is 26.8. The molecule has 21 heavy (non-hydrogen) atoms. The van der Waals surface area contributed by atoms with Gasteiger partial charge in [-0.05, 0) is 39.3 Å². The molecule has 0 aliphatic heterocycles. The largest absolute Gasteiger partial charge is 0.480 e. The minimum Gasteiger partial charge on any atom is -0.480 e.